The lowest BCUT2D eigenvalue weighted by molar-refractivity contribution is 0.0637. The fourth-order valence-electron chi connectivity index (χ4n) is 3.17. The number of nitrogens with zero attached hydrogens (tertiary/aromatic N) is 3. The maximum absolute atomic E-state index is 10.1. The number of phenols is 1. The molecule has 0 aliphatic carbocycles. The first-order valence-corrected chi connectivity index (χ1v) is 8.74. The molecular formula is C19H21N3O4. The van der Waals surface area contributed by atoms with Gasteiger partial charge in [-0.25, -0.2) is 0 Å². The van der Waals surface area contributed by atoms with Gasteiger partial charge in [0.1, 0.15) is 12.0 Å². The maximum atomic E-state index is 10.1. The quantitative estimate of drug-likeness (QED) is 0.696. The zero-order valence-electron chi connectivity index (χ0n) is 14.4. The van der Waals surface area contributed by atoms with Crippen LogP contribution < -0.4 is 0 Å². The van der Waals surface area contributed by atoms with E-state index in [0.717, 1.165) is 37.1 Å². The van der Waals surface area contributed by atoms with Crippen molar-refractivity contribution in [3.05, 3.63) is 54.3 Å². The van der Waals surface area contributed by atoms with E-state index in [4.69, 9.17) is 13.7 Å². The summed E-state index contributed by atoms with van der Waals surface area (Å²) in [6, 6.07) is 9.15. The molecule has 26 heavy (non-hydrogen) atoms. The minimum Gasteiger partial charge on any atom is -0.508 e. The van der Waals surface area contributed by atoms with Crippen molar-refractivity contribution >= 4 is 0 Å². The molecule has 1 saturated heterocycles. The molecule has 1 aliphatic heterocycles. The van der Waals surface area contributed by atoms with E-state index in [9.17, 15) is 5.11 Å². The highest BCUT2D eigenvalue weighted by molar-refractivity contribution is 5.51. The Kier molecular flexibility index (Phi) is 4.99. The predicted molar refractivity (Wildman–Crippen MR) is 93.2 cm³/mol. The molecule has 2 aromatic heterocycles. The summed E-state index contributed by atoms with van der Waals surface area (Å²) in [6.45, 7) is 2.62. The topological polar surface area (TPSA) is 84.8 Å². The zero-order chi connectivity index (χ0) is 17.8. The van der Waals surface area contributed by atoms with Crippen molar-refractivity contribution in [3.63, 3.8) is 0 Å². The number of hydrogen-bond donors (Lipinski definition) is 1. The molecule has 1 unspecified atom stereocenters. The van der Waals surface area contributed by atoms with Crippen molar-refractivity contribution in [1.29, 1.82) is 0 Å². The van der Waals surface area contributed by atoms with Gasteiger partial charge in [-0.2, -0.15) is 4.98 Å². The lowest BCUT2D eigenvalue weighted by atomic mass is 10.1. The van der Waals surface area contributed by atoms with Crippen LogP contribution >= 0.6 is 0 Å². The molecule has 4 rings (SSSR count). The number of aromatic hydroxyl groups is 1. The number of benzene rings is 1. The minimum atomic E-state index is 0.192. The van der Waals surface area contributed by atoms with E-state index in [0.29, 0.717) is 24.8 Å². The second-order valence-corrected chi connectivity index (χ2v) is 6.46. The minimum absolute atomic E-state index is 0.192. The molecule has 1 aromatic carbocycles. The molecule has 7 heteroatoms. The molecule has 1 N–H and O–H groups in total. The number of ether oxygens (including phenoxy) is 1. The van der Waals surface area contributed by atoms with Crippen molar-refractivity contribution in [2.45, 2.75) is 32.0 Å². The lowest BCUT2D eigenvalue weighted by Crippen LogP contribution is -2.31. The summed E-state index contributed by atoms with van der Waals surface area (Å²) < 4.78 is 16.2. The third-order valence-corrected chi connectivity index (χ3v) is 4.48. The van der Waals surface area contributed by atoms with Gasteiger partial charge in [0.2, 0.25) is 11.7 Å². The summed E-state index contributed by atoms with van der Waals surface area (Å²) >= 11 is 0. The third-order valence-electron chi connectivity index (χ3n) is 4.48. The molecule has 7 nitrogen and oxygen atoms in total. The molecule has 3 heterocycles. The Morgan fingerprint density at radius 3 is 2.88 bits per heavy atom. The van der Waals surface area contributed by atoms with Gasteiger partial charge in [0.25, 0.3) is 0 Å². The molecule has 3 aromatic rings. The van der Waals surface area contributed by atoms with Crippen LogP contribution in [0.4, 0.5) is 0 Å². The van der Waals surface area contributed by atoms with Crippen LogP contribution in [0.2, 0.25) is 0 Å². The first-order chi connectivity index (χ1) is 12.8. The van der Waals surface area contributed by atoms with Crippen LogP contribution in [0.25, 0.3) is 11.4 Å². The smallest absolute Gasteiger partial charge is 0.241 e. The average molecular weight is 355 g/mol. The molecular weight excluding hydrogens is 334 g/mol. The molecule has 0 spiro atoms. The summed E-state index contributed by atoms with van der Waals surface area (Å²) in [6.07, 6.45) is 5.48. The molecule has 1 atom stereocenters. The van der Waals surface area contributed by atoms with Crippen molar-refractivity contribution < 1.29 is 18.8 Å². The van der Waals surface area contributed by atoms with Crippen LogP contribution in [0.15, 0.2) is 51.8 Å². The van der Waals surface area contributed by atoms with Gasteiger partial charge in [0.15, 0.2) is 0 Å². The molecule has 1 aliphatic rings. The Labute approximate surface area is 151 Å². The molecule has 0 amide bonds. The monoisotopic (exact) mass is 355 g/mol. The maximum Gasteiger partial charge on any atom is 0.241 e. The standard InChI is InChI=1S/C19H21N3O4/c23-17-6-2-1-4-14(17)10-22(11-16-5-3-8-25-16)12-18-20-19(21-26-18)15-7-9-24-13-15/h1-2,4,6-7,9,13,16,23H,3,5,8,10-12H2. The van der Waals surface area contributed by atoms with E-state index in [1.54, 1.807) is 24.7 Å². The van der Waals surface area contributed by atoms with Gasteiger partial charge in [0.05, 0.1) is 24.5 Å². The van der Waals surface area contributed by atoms with Gasteiger partial charge >= 0.3 is 0 Å². The highest BCUT2D eigenvalue weighted by Crippen LogP contribution is 2.22. The van der Waals surface area contributed by atoms with Crippen molar-refractivity contribution in [1.82, 2.24) is 15.0 Å². The number of aromatic nitrogens is 2. The van der Waals surface area contributed by atoms with Crippen LogP contribution in [0.3, 0.4) is 0 Å². The lowest BCUT2D eigenvalue weighted by Gasteiger charge is -2.24. The first-order valence-electron chi connectivity index (χ1n) is 8.74. The Bertz CT molecular complexity index is 825. The van der Waals surface area contributed by atoms with Crippen LogP contribution in [0.1, 0.15) is 24.3 Å². The number of phenolic OH excluding ortho intramolecular Hbond substituents is 1. The Morgan fingerprint density at radius 2 is 2.12 bits per heavy atom. The molecule has 136 valence electrons. The third kappa shape index (κ3) is 3.95. The van der Waals surface area contributed by atoms with E-state index in [1.807, 2.05) is 18.2 Å². The summed E-state index contributed by atoms with van der Waals surface area (Å²) in [5.74, 6) is 1.32. The van der Waals surface area contributed by atoms with E-state index in [-0.39, 0.29) is 11.9 Å². The fourth-order valence-corrected chi connectivity index (χ4v) is 3.17. The van der Waals surface area contributed by atoms with E-state index in [2.05, 4.69) is 15.0 Å². The van der Waals surface area contributed by atoms with Gasteiger partial charge in [-0.15, -0.1) is 0 Å². The largest absolute Gasteiger partial charge is 0.508 e. The number of hydrogen-bond acceptors (Lipinski definition) is 7. The van der Waals surface area contributed by atoms with E-state index in [1.165, 1.54) is 0 Å². The van der Waals surface area contributed by atoms with Crippen molar-refractivity contribution in [2.24, 2.45) is 0 Å². The van der Waals surface area contributed by atoms with Crippen LogP contribution in [-0.4, -0.2) is 39.4 Å². The Morgan fingerprint density at radius 1 is 1.19 bits per heavy atom. The highest BCUT2D eigenvalue weighted by atomic mass is 16.5. The van der Waals surface area contributed by atoms with Crippen LogP contribution in [0.5, 0.6) is 5.75 Å². The average Bonchev–Trinajstić information content (AvgIpc) is 3.39. The number of para-hydroxylation sites is 1. The summed E-state index contributed by atoms with van der Waals surface area (Å²) in [4.78, 5) is 6.61. The van der Waals surface area contributed by atoms with E-state index >= 15 is 0 Å². The fraction of sp³-hybridized carbons (Fsp3) is 0.368. The van der Waals surface area contributed by atoms with Crippen LogP contribution in [-0.2, 0) is 17.8 Å². The van der Waals surface area contributed by atoms with Gasteiger partial charge in [-0.1, -0.05) is 23.4 Å². The summed E-state index contributed by atoms with van der Waals surface area (Å²) in [5, 5.41) is 14.1. The Balaban J connectivity index is 1.49. The molecule has 0 saturated carbocycles. The molecule has 1 fully saturated rings. The summed E-state index contributed by atoms with van der Waals surface area (Å²) in [5.41, 5.74) is 1.64. The number of furan rings is 1. The van der Waals surface area contributed by atoms with Gasteiger partial charge in [-0.05, 0) is 25.0 Å². The first kappa shape index (κ1) is 16.8. The van der Waals surface area contributed by atoms with Crippen LogP contribution in [0, 0.1) is 0 Å². The second kappa shape index (κ2) is 7.72. The van der Waals surface area contributed by atoms with E-state index < -0.39 is 0 Å². The SMILES string of the molecule is Oc1ccccc1CN(Cc1nc(-c2ccoc2)no1)CC1CCCO1. The molecule has 0 bridgehead atoms. The van der Waals surface area contributed by atoms with Gasteiger partial charge in [-0.3, -0.25) is 4.90 Å². The second-order valence-electron chi connectivity index (χ2n) is 6.46. The van der Waals surface area contributed by atoms with Crippen molar-refractivity contribution in [2.75, 3.05) is 13.2 Å². The normalized spacial score (nSPS) is 17.2. The molecule has 0 radical (unpaired) electrons. The zero-order valence-corrected chi connectivity index (χ0v) is 14.4. The van der Waals surface area contributed by atoms with Gasteiger partial charge in [0, 0.05) is 25.3 Å². The highest BCUT2D eigenvalue weighted by Gasteiger charge is 2.22. The van der Waals surface area contributed by atoms with Crippen molar-refractivity contribution in [3.8, 4) is 17.1 Å². The summed E-state index contributed by atoms with van der Waals surface area (Å²) in [7, 11) is 0. The predicted octanol–water partition coefficient (Wildman–Crippen LogP) is 3.22. The van der Waals surface area contributed by atoms with Gasteiger partial charge < -0.3 is 18.8 Å². The number of rotatable bonds is 7. The Hall–Kier alpha value is -2.64.